The number of nitrogens with two attached hydrogens (primary N) is 1. The number of morpholine rings is 1. The van der Waals surface area contributed by atoms with Crippen LogP contribution in [-0.2, 0) is 21.4 Å². The molecule has 0 aliphatic carbocycles. The first-order valence-electron chi connectivity index (χ1n) is 14.0. The van der Waals surface area contributed by atoms with E-state index in [0.29, 0.717) is 65.8 Å². The number of rotatable bonds is 6. The van der Waals surface area contributed by atoms with Crippen LogP contribution in [0.25, 0.3) is 28.0 Å². The van der Waals surface area contributed by atoms with Gasteiger partial charge in [-0.2, -0.15) is 5.10 Å². The molecule has 0 saturated carbocycles. The van der Waals surface area contributed by atoms with Gasteiger partial charge in [0.2, 0.25) is 5.91 Å². The molecule has 0 bridgehead atoms. The molecule has 1 fully saturated rings. The van der Waals surface area contributed by atoms with Crippen LogP contribution in [0.4, 0.5) is 11.5 Å². The normalized spacial score (nSPS) is 13.8. The Hall–Kier alpha value is -5.10. The lowest BCUT2D eigenvalue weighted by atomic mass is 9.93. The van der Waals surface area contributed by atoms with Crippen molar-refractivity contribution in [3.05, 3.63) is 77.9 Å². The van der Waals surface area contributed by atoms with Gasteiger partial charge in [-0.15, -0.1) is 0 Å². The molecule has 1 aliphatic rings. The number of aromatic nitrogens is 5. The molecule has 0 radical (unpaired) electrons. The molecular weight excluding hydrogens is 548 g/mol. The molecular formula is C31H32N8O4. The van der Waals surface area contributed by atoms with Crippen LogP contribution in [0.5, 0.6) is 0 Å². The first kappa shape index (κ1) is 28.0. The predicted molar refractivity (Wildman–Crippen MR) is 161 cm³/mol. The Morgan fingerprint density at radius 1 is 1.00 bits per heavy atom. The predicted octanol–water partition coefficient (Wildman–Crippen LogP) is 4.00. The second-order valence-corrected chi connectivity index (χ2v) is 11.4. The summed E-state index contributed by atoms with van der Waals surface area (Å²) in [5.74, 6) is 0.791. The van der Waals surface area contributed by atoms with E-state index in [1.54, 1.807) is 33.8 Å². The van der Waals surface area contributed by atoms with Gasteiger partial charge in [-0.1, -0.05) is 38.1 Å². The third kappa shape index (κ3) is 5.82. The molecule has 4 heterocycles. The van der Waals surface area contributed by atoms with Gasteiger partial charge < -0.3 is 25.2 Å². The van der Waals surface area contributed by atoms with Gasteiger partial charge in [-0.05, 0) is 36.4 Å². The van der Waals surface area contributed by atoms with E-state index in [9.17, 15) is 9.59 Å². The molecule has 3 N–H and O–H groups in total. The molecule has 12 nitrogen and oxygen atoms in total. The standard InChI is InChI=1S/C31H32N8O4/c1-31(2,3)24-16-22(37-43-24)17-25(40)35-21-8-10-23(11-9-21)39-29-26(28(32)33-18-34-29)27(36-39)19-4-6-20(7-5-19)30(41)38-12-14-42-15-13-38/h4-11,16,18H,12-15,17H2,1-3H3,(H,35,40)(H2,32,33,34). The lowest BCUT2D eigenvalue weighted by Gasteiger charge is -2.26. The van der Waals surface area contributed by atoms with Gasteiger partial charge in [0.1, 0.15) is 23.6 Å². The van der Waals surface area contributed by atoms with Gasteiger partial charge in [-0.25, -0.2) is 14.6 Å². The zero-order chi connectivity index (χ0) is 30.1. The minimum Gasteiger partial charge on any atom is -0.383 e. The number of nitrogens with one attached hydrogen (secondary N) is 1. The van der Waals surface area contributed by atoms with Gasteiger partial charge in [0.25, 0.3) is 5.91 Å². The van der Waals surface area contributed by atoms with Crippen molar-refractivity contribution in [2.45, 2.75) is 32.6 Å². The van der Waals surface area contributed by atoms with Crippen LogP contribution in [0.15, 0.2) is 65.4 Å². The summed E-state index contributed by atoms with van der Waals surface area (Å²) in [6.07, 6.45) is 1.49. The van der Waals surface area contributed by atoms with Crippen LogP contribution in [0, 0.1) is 0 Å². The van der Waals surface area contributed by atoms with E-state index in [0.717, 1.165) is 17.0 Å². The summed E-state index contributed by atoms with van der Waals surface area (Å²) in [5.41, 5.74) is 10.5. The monoisotopic (exact) mass is 580 g/mol. The molecule has 6 rings (SSSR count). The number of amides is 2. The van der Waals surface area contributed by atoms with E-state index in [4.69, 9.17) is 20.1 Å². The van der Waals surface area contributed by atoms with Crippen molar-refractivity contribution in [3.63, 3.8) is 0 Å². The quantitative estimate of drug-likeness (QED) is 0.303. The second-order valence-electron chi connectivity index (χ2n) is 11.4. The maximum Gasteiger partial charge on any atom is 0.254 e. The highest BCUT2D eigenvalue weighted by molar-refractivity contribution is 6.00. The average Bonchev–Trinajstić information content (AvgIpc) is 3.64. The van der Waals surface area contributed by atoms with Crippen molar-refractivity contribution in [3.8, 4) is 16.9 Å². The molecule has 5 aromatic rings. The Kier molecular flexibility index (Phi) is 7.36. The Morgan fingerprint density at radius 2 is 1.72 bits per heavy atom. The Morgan fingerprint density at radius 3 is 2.40 bits per heavy atom. The topological polar surface area (TPSA) is 154 Å². The van der Waals surface area contributed by atoms with Crippen molar-refractivity contribution >= 4 is 34.4 Å². The summed E-state index contributed by atoms with van der Waals surface area (Å²) in [4.78, 5) is 36.0. The highest BCUT2D eigenvalue weighted by Crippen LogP contribution is 2.32. The first-order valence-corrected chi connectivity index (χ1v) is 14.0. The average molecular weight is 581 g/mol. The number of nitrogen functional groups attached to an aromatic ring is 1. The van der Waals surface area contributed by atoms with Crippen LogP contribution < -0.4 is 11.1 Å². The van der Waals surface area contributed by atoms with Crippen molar-refractivity contribution in [2.75, 3.05) is 37.4 Å². The molecule has 220 valence electrons. The fourth-order valence-corrected chi connectivity index (χ4v) is 4.88. The Balaban J connectivity index is 1.22. The number of anilines is 2. The molecule has 0 spiro atoms. The van der Waals surface area contributed by atoms with Crippen LogP contribution >= 0.6 is 0 Å². The fourth-order valence-electron chi connectivity index (χ4n) is 4.88. The van der Waals surface area contributed by atoms with Crippen molar-refractivity contribution < 1.29 is 18.8 Å². The van der Waals surface area contributed by atoms with E-state index < -0.39 is 0 Å². The molecule has 43 heavy (non-hydrogen) atoms. The molecule has 1 saturated heterocycles. The smallest absolute Gasteiger partial charge is 0.254 e. The number of nitrogens with zero attached hydrogens (tertiary/aromatic N) is 6. The van der Waals surface area contributed by atoms with Crippen molar-refractivity contribution in [1.82, 2.24) is 29.8 Å². The summed E-state index contributed by atoms with van der Waals surface area (Å²) in [6, 6.07) is 16.3. The number of benzene rings is 2. The van der Waals surface area contributed by atoms with Gasteiger partial charge in [0, 0.05) is 41.4 Å². The van der Waals surface area contributed by atoms with Crippen molar-refractivity contribution in [1.29, 1.82) is 0 Å². The molecule has 0 unspecified atom stereocenters. The van der Waals surface area contributed by atoms with Gasteiger partial charge in [0.15, 0.2) is 5.65 Å². The number of hydrogen-bond acceptors (Lipinski definition) is 9. The molecule has 3 aromatic heterocycles. The van der Waals surface area contributed by atoms with E-state index >= 15 is 0 Å². The molecule has 12 heteroatoms. The van der Waals surface area contributed by atoms with Gasteiger partial charge in [-0.3, -0.25) is 9.59 Å². The van der Waals surface area contributed by atoms with Crippen molar-refractivity contribution in [2.24, 2.45) is 0 Å². The number of carbonyl (C=O) groups excluding carboxylic acids is 2. The van der Waals surface area contributed by atoms with Crippen LogP contribution in [0.3, 0.4) is 0 Å². The van der Waals surface area contributed by atoms with Crippen LogP contribution in [0.2, 0.25) is 0 Å². The highest BCUT2D eigenvalue weighted by Gasteiger charge is 2.22. The summed E-state index contributed by atoms with van der Waals surface area (Å²) in [5, 5.41) is 12.4. The number of carbonyl (C=O) groups is 2. The molecule has 2 amide bonds. The molecule has 2 aromatic carbocycles. The Bertz CT molecular complexity index is 1780. The minimum absolute atomic E-state index is 0.0315. The Labute approximate surface area is 247 Å². The number of ether oxygens (including phenoxy) is 1. The van der Waals surface area contributed by atoms with E-state index in [1.807, 2.05) is 51.1 Å². The lowest BCUT2D eigenvalue weighted by Crippen LogP contribution is -2.40. The second kappa shape index (κ2) is 11.3. The first-order chi connectivity index (χ1) is 20.7. The lowest BCUT2D eigenvalue weighted by molar-refractivity contribution is -0.115. The van der Waals surface area contributed by atoms with E-state index in [1.165, 1.54) is 6.33 Å². The van der Waals surface area contributed by atoms with E-state index in [-0.39, 0.29) is 23.7 Å². The summed E-state index contributed by atoms with van der Waals surface area (Å²) in [6.45, 7) is 8.31. The SMILES string of the molecule is CC(C)(C)c1cc(CC(=O)Nc2ccc(-n3nc(-c4ccc(C(=O)N5CCOCC5)cc4)c4c(N)ncnc43)cc2)no1. The van der Waals surface area contributed by atoms with E-state index in [2.05, 4.69) is 20.4 Å². The minimum atomic E-state index is -0.204. The van der Waals surface area contributed by atoms with Crippen LogP contribution in [-0.4, -0.2) is 67.9 Å². The zero-order valence-corrected chi connectivity index (χ0v) is 24.2. The summed E-state index contributed by atoms with van der Waals surface area (Å²) >= 11 is 0. The largest absolute Gasteiger partial charge is 0.383 e. The van der Waals surface area contributed by atoms with Gasteiger partial charge >= 0.3 is 0 Å². The third-order valence-corrected chi connectivity index (χ3v) is 7.23. The highest BCUT2D eigenvalue weighted by atomic mass is 16.5. The maximum absolute atomic E-state index is 12.9. The maximum atomic E-state index is 12.9. The summed E-state index contributed by atoms with van der Waals surface area (Å²) < 4.78 is 12.4. The molecule has 0 atom stereocenters. The summed E-state index contributed by atoms with van der Waals surface area (Å²) in [7, 11) is 0. The van der Waals surface area contributed by atoms with Gasteiger partial charge in [0.05, 0.1) is 36.4 Å². The van der Waals surface area contributed by atoms with Crippen LogP contribution in [0.1, 0.15) is 42.6 Å². The third-order valence-electron chi connectivity index (χ3n) is 7.23. The number of fused-ring (bicyclic) bond motifs is 1. The molecule has 1 aliphatic heterocycles. The number of hydrogen-bond donors (Lipinski definition) is 2. The zero-order valence-electron chi connectivity index (χ0n) is 24.2. The fraction of sp³-hybridized carbons (Fsp3) is 0.290.